The second-order valence-electron chi connectivity index (χ2n) is 4.16. The molecule has 0 aromatic heterocycles. The maximum atomic E-state index is 11.6. The molecule has 1 atom stereocenters. The number of carbonyl (C=O) groups is 2. The van der Waals surface area contributed by atoms with Crippen molar-refractivity contribution < 1.29 is 9.59 Å². The molecule has 0 aromatic carbocycles. The Morgan fingerprint density at radius 3 is 2.64 bits per heavy atom. The van der Waals surface area contributed by atoms with Crippen LogP contribution in [0.25, 0.3) is 0 Å². The highest BCUT2D eigenvalue weighted by Gasteiger charge is 2.39. The molecule has 1 aliphatic heterocycles. The number of hydrogen-bond donors (Lipinski definition) is 1. The summed E-state index contributed by atoms with van der Waals surface area (Å²) in [5.41, 5.74) is 0. The smallest absolute Gasteiger partial charge is 0.289 e. The van der Waals surface area contributed by atoms with Crippen LogP contribution < -0.4 is 5.32 Å². The van der Waals surface area contributed by atoms with Crippen LogP contribution in [0.2, 0.25) is 0 Å². The van der Waals surface area contributed by atoms with E-state index >= 15 is 0 Å². The van der Waals surface area contributed by atoms with Crippen LogP contribution in [-0.2, 0) is 9.59 Å². The van der Waals surface area contributed by atoms with Gasteiger partial charge in [-0.2, -0.15) is 0 Å². The Morgan fingerprint density at radius 2 is 2.07 bits per heavy atom. The minimum Gasteiger partial charge on any atom is -0.330 e. The first-order valence-electron chi connectivity index (χ1n) is 5.22. The summed E-state index contributed by atoms with van der Waals surface area (Å²) in [6.45, 7) is 3.69. The first kappa shape index (κ1) is 9.65. The molecule has 1 amide bonds. The molecule has 0 spiro atoms. The number of amides is 1. The lowest BCUT2D eigenvalue weighted by atomic mass is 10.1. The van der Waals surface area contributed by atoms with Crippen molar-refractivity contribution in [2.75, 3.05) is 19.6 Å². The van der Waals surface area contributed by atoms with Gasteiger partial charge in [-0.25, -0.2) is 0 Å². The van der Waals surface area contributed by atoms with Crippen molar-refractivity contribution in [3.05, 3.63) is 0 Å². The Bertz CT molecular complexity index is 261. The Labute approximate surface area is 83.6 Å². The molecule has 1 saturated carbocycles. The number of nitrogens with zero attached hydrogens (tertiary/aromatic N) is 1. The van der Waals surface area contributed by atoms with E-state index < -0.39 is 0 Å². The average molecular weight is 196 g/mol. The third-order valence-electron chi connectivity index (χ3n) is 3.01. The van der Waals surface area contributed by atoms with Crippen molar-refractivity contribution in [2.45, 2.75) is 25.8 Å². The summed E-state index contributed by atoms with van der Waals surface area (Å²) in [5, 5.41) is 3.27. The third kappa shape index (κ3) is 1.80. The molecule has 1 aliphatic carbocycles. The predicted molar refractivity (Wildman–Crippen MR) is 51.8 cm³/mol. The van der Waals surface area contributed by atoms with Gasteiger partial charge >= 0.3 is 0 Å². The second-order valence-corrected chi connectivity index (χ2v) is 4.16. The highest BCUT2D eigenvalue weighted by Crippen LogP contribution is 2.35. The summed E-state index contributed by atoms with van der Waals surface area (Å²) in [6, 6.07) is 0.264. The van der Waals surface area contributed by atoms with E-state index in [4.69, 9.17) is 0 Å². The summed E-state index contributed by atoms with van der Waals surface area (Å²) >= 11 is 0. The first-order valence-corrected chi connectivity index (χ1v) is 5.22. The van der Waals surface area contributed by atoms with Crippen molar-refractivity contribution in [3.8, 4) is 0 Å². The molecule has 14 heavy (non-hydrogen) atoms. The highest BCUT2D eigenvalue weighted by molar-refractivity contribution is 6.35. The number of ketones is 1. The summed E-state index contributed by atoms with van der Waals surface area (Å²) in [7, 11) is 0. The number of rotatable bonds is 2. The van der Waals surface area contributed by atoms with Gasteiger partial charge in [0.25, 0.3) is 5.91 Å². The third-order valence-corrected chi connectivity index (χ3v) is 3.01. The van der Waals surface area contributed by atoms with Gasteiger partial charge in [0.1, 0.15) is 0 Å². The SMILES string of the molecule is CC(=O)C(=O)N1CCNCC1C1CC1. The van der Waals surface area contributed by atoms with Crippen molar-refractivity contribution in [3.63, 3.8) is 0 Å². The number of carbonyl (C=O) groups excluding carboxylic acids is 2. The van der Waals surface area contributed by atoms with Crippen LogP contribution in [0.3, 0.4) is 0 Å². The molecule has 1 unspecified atom stereocenters. The van der Waals surface area contributed by atoms with Gasteiger partial charge in [-0.15, -0.1) is 0 Å². The quantitative estimate of drug-likeness (QED) is 0.621. The van der Waals surface area contributed by atoms with Gasteiger partial charge in [-0.3, -0.25) is 9.59 Å². The molecule has 2 aliphatic rings. The molecule has 1 heterocycles. The second kappa shape index (κ2) is 3.69. The minimum atomic E-state index is -0.336. The molecule has 0 bridgehead atoms. The average Bonchev–Trinajstić information content (AvgIpc) is 3.00. The van der Waals surface area contributed by atoms with E-state index in [1.807, 2.05) is 0 Å². The zero-order valence-electron chi connectivity index (χ0n) is 8.45. The van der Waals surface area contributed by atoms with Crippen LogP contribution in [0.4, 0.5) is 0 Å². The summed E-state index contributed by atoms with van der Waals surface area (Å²) < 4.78 is 0. The Morgan fingerprint density at radius 1 is 1.36 bits per heavy atom. The van der Waals surface area contributed by atoms with Crippen LogP contribution in [-0.4, -0.2) is 42.3 Å². The molecular formula is C10H16N2O2. The van der Waals surface area contributed by atoms with Crippen molar-refractivity contribution in [1.29, 1.82) is 0 Å². The lowest BCUT2D eigenvalue weighted by Gasteiger charge is -2.35. The van der Waals surface area contributed by atoms with Crippen molar-refractivity contribution in [2.24, 2.45) is 5.92 Å². The van der Waals surface area contributed by atoms with Gasteiger partial charge in [0.05, 0.1) is 0 Å². The summed E-state index contributed by atoms with van der Waals surface area (Å²) in [6.07, 6.45) is 2.40. The lowest BCUT2D eigenvalue weighted by Crippen LogP contribution is -2.56. The molecule has 0 radical (unpaired) electrons. The topological polar surface area (TPSA) is 49.4 Å². The highest BCUT2D eigenvalue weighted by atomic mass is 16.2. The first-order chi connectivity index (χ1) is 6.70. The summed E-state index contributed by atoms with van der Waals surface area (Å²) in [5.74, 6) is -0.00736. The maximum Gasteiger partial charge on any atom is 0.289 e. The monoisotopic (exact) mass is 196 g/mol. The zero-order valence-corrected chi connectivity index (χ0v) is 8.45. The van der Waals surface area contributed by atoms with Gasteiger partial charge in [-0.1, -0.05) is 0 Å². The number of Topliss-reactive ketones (excluding diaryl/α,β-unsaturated/α-hetero) is 1. The van der Waals surface area contributed by atoms with E-state index in [2.05, 4.69) is 5.32 Å². The van der Waals surface area contributed by atoms with Crippen LogP contribution in [0, 0.1) is 5.92 Å². The molecule has 4 nitrogen and oxygen atoms in total. The van der Waals surface area contributed by atoms with E-state index in [0.717, 1.165) is 13.1 Å². The van der Waals surface area contributed by atoms with E-state index in [0.29, 0.717) is 12.5 Å². The van der Waals surface area contributed by atoms with Crippen LogP contribution in [0.1, 0.15) is 19.8 Å². The number of piperazine rings is 1. The molecule has 0 aromatic rings. The minimum absolute atomic E-state index is 0.264. The van der Waals surface area contributed by atoms with E-state index in [1.54, 1.807) is 4.90 Å². The number of hydrogen-bond acceptors (Lipinski definition) is 3. The maximum absolute atomic E-state index is 11.6. The van der Waals surface area contributed by atoms with Gasteiger partial charge < -0.3 is 10.2 Å². The van der Waals surface area contributed by atoms with Crippen LogP contribution >= 0.6 is 0 Å². The van der Waals surface area contributed by atoms with Crippen LogP contribution in [0.15, 0.2) is 0 Å². The molecule has 78 valence electrons. The molecule has 2 rings (SSSR count). The van der Waals surface area contributed by atoms with E-state index in [1.165, 1.54) is 19.8 Å². The normalized spacial score (nSPS) is 27.5. The van der Waals surface area contributed by atoms with E-state index in [-0.39, 0.29) is 17.7 Å². The summed E-state index contributed by atoms with van der Waals surface area (Å²) in [4.78, 5) is 24.4. The van der Waals surface area contributed by atoms with Gasteiger partial charge in [-0.05, 0) is 18.8 Å². The molecule has 1 N–H and O–H groups in total. The fraction of sp³-hybridized carbons (Fsp3) is 0.800. The predicted octanol–water partition coefficient (Wildman–Crippen LogP) is -0.214. The molecule has 1 saturated heterocycles. The van der Waals surface area contributed by atoms with Gasteiger partial charge in [0.15, 0.2) is 0 Å². The Hall–Kier alpha value is -0.900. The van der Waals surface area contributed by atoms with E-state index in [9.17, 15) is 9.59 Å². The molecule has 2 fully saturated rings. The van der Waals surface area contributed by atoms with Crippen molar-refractivity contribution >= 4 is 11.7 Å². The Balaban J connectivity index is 2.05. The van der Waals surface area contributed by atoms with Gasteiger partial charge in [0, 0.05) is 32.6 Å². The Kier molecular flexibility index (Phi) is 2.54. The van der Waals surface area contributed by atoms with Crippen LogP contribution in [0.5, 0.6) is 0 Å². The molecular weight excluding hydrogens is 180 g/mol. The zero-order chi connectivity index (χ0) is 10.1. The fourth-order valence-corrected chi connectivity index (χ4v) is 2.08. The largest absolute Gasteiger partial charge is 0.330 e. The standard InChI is InChI=1S/C10H16N2O2/c1-7(13)10(14)12-5-4-11-6-9(12)8-2-3-8/h8-9,11H,2-6H2,1H3. The fourth-order valence-electron chi connectivity index (χ4n) is 2.08. The van der Waals surface area contributed by atoms with Crippen molar-refractivity contribution in [1.82, 2.24) is 10.2 Å². The number of nitrogens with one attached hydrogen (secondary N) is 1. The van der Waals surface area contributed by atoms with Gasteiger partial charge in [0.2, 0.25) is 5.78 Å². The lowest BCUT2D eigenvalue weighted by molar-refractivity contribution is -0.146. The molecule has 4 heteroatoms.